The Kier molecular flexibility index (Phi) is 6.33. The average molecular weight is 207 g/mol. The first-order chi connectivity index (χ1) is 6.05. The summed E-state index contributed by atoms with van der Waals surface area (Å²) in [7, 11) is -1.01. The van der Waals surface area contributed by atoms with Gasteiger partial charge in [0.15, 0.2) is 9.84 Å². The summed E-state index contributed by atoms with van der Waals surface area (Å²) in [6.07, 6.45) is 2.66. The van der Waals surface area contributed by atoms with Crippen molar-refractivity contribution >= 4 is 9.84 Å². The molecule has 0 fully saturated rings. The Morgan fingerprint density at radius 1 is 1.23 bits per heavy atom. The van der Waals surface area contributed by atoms with Gasteiger partial charge in [-0.05, 0) is 19.9 Å². The van der Waals surface area contributed by atoms with Gasteiger partial charge in [0.05, 0.1) is 5.75 Å². The first-order valence-electron chi connectivity index (χ1n) is 4.93. The minimum Gasteiger partial charge on any atom is -0.316 e. The molecule has 0 heterocycles. The van der Waals surface area contributed by atoms with Gasteiger partial charge in [0.2, 0.25) is 0 Å². The molecule has 0 aromatic rings. The van der Waals surface area contributed by atoms with E-state index >= 15 is 0 Å². The molecule has 0 saturated heterocycles. The van der Waals surface area contributed by atoms with Crippen molar-refractivity contribution in [2.45, 2.75) is 39.2 Å². The quantitative estimate of drug-likeness (QED) is 0.682. The summed E-state index contributed by atoms with van der Waals surface area (Å²) in [6.45, 7) is 3.96. The zero-order valence-electron chi connectivity index (χ0n) is 8.84. The van der Waals surface area contributed by atoms with Crippen LogP contribution in [0.5, 0.6) is 0 Å². The summed E-state index contributed by atoms with van der Waals surface area (Å²) < 4.78 is 22.9. The predicted octanol–water partition coefficient (Wildman–Crippen LogP) is 1.20. The average Bonchev–Trinajstić information content (AvgIpc) is 2.03. The molecular formula is C9H21NO2S. The summed E-state index contributed by atoms with van der Waals surface area (Å²) in [4.78, 5) is 0. The maximum atomic E-state index is 11.4. The van der Waals surface area contributed by atoms with Crippen molar-refractivity contribution < 1.29 is 8.42 Å². The van der Waals surface area contributed by atoms with Gasteiger partial charge in [-0.15, -0.1) is 0 Å². The first-order valence-corrected chi connectivity index (χ1v) is 6.75. The smallest absolute Gasteiger partial charge is 0.151 e. The Labute approximate surface area is 81.8 Å². The topological polar surface area (TPSA) is 46.2 Å². The fourth-order valence-corrected chi connectivity index (χ4v) is 3.10. The van der Waals surface area contributed by atoms with Crippen molar-refractivity contribution in [3.63, 3.8) is 0 Å². The van der Waals surface area contributed by atoms with Crippen LogP contribution in [-0.2, 0) is 9.84 Å². The zero-order chi connectivity index (χ0) is 10.3. The lowest BCUT2D eigenvalue weighted by Gasteiger charge is -2.14. The van der Waals surface area contributed by atoms with Crippen molar-refractivity contribution in [3.8, 4) is 0 Å². The van der Waals surface area contributed by atoms with E-state index in [0.717, 1.165) is 12.8 Å². The molecule has 0 rings (SSSR count). The number of hydrogen-bond donors (Lipinski definition) is 1. The largest absolute Gasteiger partial charge is 0.316 e. The standard InChI is InChI=1S/C9H21NO2S/c1-4-6-9(10-3)8-13(11,12)7-5-2/h9-10H,4-8H2,1-3H3. The van der Waals surface area contributed by atoms with Crippen LogP contribution in [0.2, 0.25) is 0 Å². The second-order valence-electron chi connectivity index (χ2n) is 3.39. The minimum atomic E-state index is -2.83. The minimum absolute atomic E-state index is 0.126. The number of nitrogens with one attached hydrogen (secondary N) is 1. The van der Waals surface area contributed by atoms with E-state index in [1.165, 1.54) is 0 Å². The number of sulfone groups is 1. The van der Waals surface area contributed by atoms with Crippen LogP contribution in [0.15, 0.2) is 0 Å². The molecule has 4 heteroatoms. The van der Waals surface area contributed by atoms with E-state index in [4.69, 9.17) is 0 Å². The maximum Gasteiger partial charge on any atom is 0.151 e. The van der Waals surface area contributed by atoms with Crippen LogP contribution >= 0.6 is 0 Å². The van der Waals surface area contributed by atoms with Gasteiger partial charge >= 0.3 is 0 Å². The third-order valence-corrected chi connectivity index (χ3v) is 3.96. The van der Waals surface area contributed by atoms with Gasteiger partial charge < -0.3 is 5.32 Å². The van der Waals surface area contributed by atoms with Gasteiger partial charge in [0, 0.05) is 11.8 Å². The highest BCUT2D eigenvalue weighted by Gasteiger charge is 2.15. The van der Waals surface area contributed by atoms with Gasteiger partial charge in [0.1, 0.15) is 0 Å². The van der Waals surface area contributed by atoms with Crippen molar-refractivity contribution in [2.24, 2.45) is 0 Å². The summed E-state index contributed by atoms with van der Waals surface area (Å²) in [5, 5.41) is 3.04. The highest BCUT2D eigenvalue weighted by molar-refractivity contribution is 7.91. The van der Waals surface area contributed by atoms with Gasteiger partial charge in [-0.25, -0.2) is 8.42 Å². The second kappa shape index (κ2) is 6.38. The van der Waals surface area contributed by atoms with Crippen LogP contribution in [0.3, 0.4) is 0 Å². The van der Waals surface area contributed by atoms with Crippen molar-refractivity contribution in [1.82, 2.24) is 5.32 Å². The normalized spacial score (nSPS) is 14.4. The lowest BCUT2D eigenvalue weighted by atomic mass is 10.2. The monoisotopic (exact) mass is 207 g/mol. The maximum absolute atomic E-state index is 11.4. The van der Waals surface area contributed by atoms with Gasteiger partial charge in [-0.3, -0.25) is 0 Å². The fraction of sp³-hybridized carbons (Fsp3) is 1.00. The molecule has 0 radical (unpaired) electrons. The molecule has 0 aromatic heterocycles. The lowest BCUT2D eigenvalue weighted by Crippen LogP contribution is -2.33. The molecule has 80 valence electrons. The highest BCUT2D eigenvalue weighted by Crippen LogP contribution is 2.02. The Hall–Kier alpha value is -0.0900. The van der Waals surface area contributed by atoms with Crippen molar-refractivity contribution in [2.75, 3.05) is 18.6 Å². The highest BCUT2D eigenvalue weighted by atomic mass is 32.2. The predicted molar refractivity (Wildman–Crippen MR) is 56.7 cm³/mol. The Bertz CT molecular complexity index is 212. The Balaban J connectivity index is 4.06. The van der Waals surface area contributed by atoms with E-state index in [0.29, 0.717) is 12.2 Å². The van der Waals surface area contributed by atoms with E-state index in [2.05, 4.69) is 12.2 Å². The van der Waals surface area contributed by atoms with Crippen LogP contribution in [0.25, 0.3) is 0 Å². The van der Waals surface area contributed by atoms with Crippen LogP contribution in [-0.4, -0.2) is 33.0 Å². The number of rotatable bonds is 7. The summed E-state index contributed by atoms with van der Waals surface area (Å²) in [5.74, 6) is 0.597. The van der Waals surface area contributed by atoms with E-state index < -0.39 is 9.84 Å². The SMILES string of the molecule is CCCC(CS(=O)(=O)CCC)NC. The van der Waals surface area contributed by atoms with Gasteiger partial charge in [-0.2, -0.15) is 0 Å². The van der Waals surface area contributed by atoms with Crippen LogP contribution in [0, 0.1) is 0 Å². The van der Waals surface area contributed by atoms with Crippen molar-refractivity contribution in [1.29, 1.82) is 0 Å². The second-order valence-corrected chi connectivity index (χ2v) is 5.62. The Morgan fingerprint density at radius 2 is 1.85 bits per heavy atom. The summed E-state index contributed by atoms with van der Waals surface area (Å²) in [6, 6.07) is 0.126. The van der Waals surface area contributed by atoms with E-state index in [9.17, 15) is 8.42 Å². The third kappa shape index (κ3) is 6.05. The molecule has 1 atom stereocenters. The van der Waals surface area contributed by atoms with E-state index in [1.807, 2.05) is 14.0 Å². The Morgan fingerprint density at radius 3 is 2.23 bits per heavy atom. The molecule has 13 heavy (non-hydrogen) atoms. The molecule has 0 bridgehead atoms. The first kappa shape index (κ1) is 12.9. The van der Waals surface area contributed by atoms with E-state index in [1.54, 1.807) is 0 Å². The molecule has 0 amide bonds. The molecular weight excluding hydrogens is 186 g/mol. The summed E-state index contributed by atoms with van der Waals surface area (Å²) >= 11 is 0. The fourth-order valence-electron chi connectivity index (χ4n) is 1.36. The van der Waals surface area contributed by atoms with Crippen LogP contribution < -0.4 is 5.32 Å². The molecule has 0 aliphatic carbocycles. The molecule has 1 unspecified atom stereocenters. The van der Waals surface area contributed by atoms with Crippen LogP contribution in [0.4, 0.5) is 0 Å². The van der Waals surface area contributed by atoms with Crippen molar-refractivity contribution in [3.05, 3.63) is 0 Å². The molecule has 0 saturated carbocycles. The molecule has 0 aromatic carbocycles. The molecule has 0 aliphatic rings. The zero-order valence-corrected chi connectivity index (χ0v) is 9.65. The van der Waals surface area contributed by atoms with Crippen LogP contribution in [0.1, 0.15) is 33.1 Å². The lowest BCUT2D eigenvalue weighted by molar-refractivity contribution is 0.536. The summed E-state index contributed by atoms with van der Waals surface area (Å²) in [5.41, 5.74) is 0. The number of hydrogen-bond acceptors (Lipinski definition) is 3. The van der Waals surface area contributed by atoms with E-state index in [-0.39, 0.29) is 11.8 Å². The van der Waals surface area contributed by atoms with Gasteiger partial charge in [0.25, 0.3) is 0 Å². The molecule has 3 nitrogen and oxygen atoms in total. The molecule has 0 aliphatic heterocycles. The van der Waals surface area contributed by atoms with Gasteiger partial charge in [-0.1, -0.05) is 20.3 Å². The third-order valence-electron chi connectivity index (χ3n) is 2.02. The molecule has 0 spiro atoms. The molecule has 1 N–H and O–H groups in total.